The normalized spacial score (nSPS) is 20.5. The average molecular weight is 344 g/mol. The van der Waals surface area contributed by atoms with Crippen LogP contribution >= 0.6 is 0 Å². The van der Waals surface area contributed by atoms with E-state index in [1.807, 2.05) is 0 Å². The molecule has 1 saturated heterocycles. The molecule has 3 heteroatoms. The largest absolute Gasteiger partial charge is 0.361 e. The lowest BCUT2D eigenvalue weighted by Crippen LogP contribution is -2.40. The molecule has 1 N–H and O–H groups in total. The van der Waals surface area contributed by atoms with Gasteiger partial charge in [0.2, 0.25) is 5.91 Å². The molecule has 0 spiro atoms. The van der Waals surface area contributed by atoms with Crippen molar-refractivity contribution in [1.82, 2.24) is 9.88 Å². The highest BCUT2D eigenvalue weighted by atomic mass is 16.2. The molecule has 1 aliphatic heterocycles. The molecule has 0 bridgehead atoms. The molecular weight excluding hydrogens is 320 g/mol. The van der Waals surface area contributed by atoms with Gasteiger partial charge in [-0.25, -0.2) is 0 Å². The molecule has 0 radical (unpaired) electrons. The minimum atomic E-state index is 0.0795. The number of benzene rings is 2. The number of amides is 1. The van der Waals surface area contributed by atoms with Crippen molar-refractivity contribution < 1.29 is 4.79 Å². The maximum atomic E-state index is 13.1. The number of hydrogen-bond donors (Lipinski definition) is 1. The van der Waals surface area contributed by atoms with E-state index in [-0.39, 0.29) is 5.92 Å². The van der Waals surface area contributed by atoms with E-state index in [2.05, 4.69) is 64.6 Å². The summed E-state index contributed by atoms with van der Waals surface area (Å²) >= 11 is 0. The number of rotatable bonds is 2. The van der Waals surface area contributed by atoms with Crippen molar-refractivity contribution in [2.45, 2.75) is 37.5 Å². The molecule has 1 amide bonds. The van der Waals surface area contributed by atoms with Crippen LogP contribution in [0.1, 0.15) is 47.8 Å². The molecule has 1 atom stereocenters. The predicted octanol–water partition coefficient (Wildman–Crippen LogP) is 4.60. The van der Waals surface area contributed by atoms with Crippen LogP contribution < -0.4 is 0 Å². The Labute approximate surface area is 154 Å². The summed E-state index contributed by atoms with van der Waals surface area (Å²) < 4.78 is 0. The molecule has 1 aromatic heterocycles. The molecule has 0 unspecified atom stereocenters. The molecule has 0 saturated carbocycles. The quantitative estimate of drug-likeness (QED) is 0.724. The SMILES string of the molecule is O=C([C@@H]1CCc2ccccc21)N1CCC(c2c[nH]c3ccccc23)CC1. The van der Waals surface area contributed by atoms with Crippen LogP contribution in [0.4, 0.5) is 0 Å². The molecule has 3 nitrogen and oxygen atoms in total. The van der Waals surface area contributed by atoms with E-state index < -0.39 is 0 Å². The van der Waals surface area contributed by atoms with Crippen LogP contribution in [0, 0.1) is 0 Å². The van der Waals surface area contributed by atoms with E-state index in [1.54, 1.807) is 0 Å². The van der Waals surface area contributed by atoms with Crippen molar-refractivity contribution in [3.05, 3.63) is 71.4 Å². The van der Waals surface area contributed by atoms with E-state index >= 15 is 0 Å². The lowest BCUT2D eigenvalue weighted by atomic mass is 9.88. The van der Waals surface area contributed by atoms with Gasteiger partial charge >= 0.3 is 0 Å². The van der Waals surface area contributed by atoms with Gasteiger partial charge in [0.15, 0.2) is 0 Å². The lowest BCUT2D eigenvalue weighted by molar-refractivity contribution is -0.133. The zero-order valence-corrected chi connectivity index (χ0v) is 14.9. The molecule has 26 heavy (non-hydrogen) atoms. The number of likely N-dealkylation sites (tertiary alicyclic amines) is 1. The average Bonchev–Trinajstić information content (AvgIpc) is 3.32. The van der Waals surface area contributed by atoms with Gasteiger partial charge in [0.05, 0.1) is 5.92 Å². The third-order valence-electron chi connectivity index (χ3n) is 6.30. The van der Waals surface area contributed by atoms with Crippen LogP contribution in [-0.2, 0) is 11.2 Å². The van der Waals surface area contributed by atoms with Crippen molar-refractivity contribution in [3.63, 3.8) is 0 Å². The molecule has 1 aliphatic carbocycles. The van der Waals surface area contributed by atoms with Gasteiger partial charge in [0.25, 0.3) is 0 Å². The Morgan fingerprint density at radius 1 is 0.923 bits per heavy atom. The second-order valence-electron chi connectivity index (χ2n) is 7.68. The smallest absolute Gasteiger partial charge is 0.230 e. The van der Waals surface area contributed by atoms with E-state index in [9.17, 15) is 4.79 Å². The van der Waals surface area contributed by atoms with Crippen molar-refractivity contribution in [3.8, 4) is 0 Å². The van der Waals surface area contributed by atoms with Crippen molar-refractivity contribution in [2.75, 3.05) is 13.1 Å². The first-order chi connectivity index (χ1) is 12.8. The molecule has 2 aliphatic rings. The highest BCUT2D eigenvalue weighted by molar-refractivity contribution is 5.86. The van der Waals surface area contributed by atoms with E-state index in [0.29, 0.717) is 11.8 Å². The second kappa shape index (κ2) is 6.31. The fraction of sp³-hybridized carbons (Fsp3) is 0.348. The topological polar surface area (TPSA) is 36.1 Å². The van der Waals surface area contributed by atoms with E-state index in [0.717, 1.165) is 38.8 Å². The van der Waals surface area contributed by atoms with Gasteiger partial charge in [-0.2, -0.15) is 0 Å². The van der Waals surface area contributed by atoms with Crippen molar-refractivity contribution >= 4 is 16.8 Å². The lowest BCUT2D eigenvalue weighted by Gasteiger charge is -2.33. The van der Waals surface area contributed by atoms with Gasteiger partial charge < -0.3 is 9.88 Å². The monoisotopic (exact) mass is 344 g/mol. The first-order valence-electron chi connectivity index (χ1n) is 9.74. The number of para-hydroxylation sites is 1. The van der Waals surface area contributed by atoms with Crippen LogP contribution in [0.3, 0.4) is 0 Å². The number of aromatic nitrogens is 1. The number of carbonyl (C=O) groups excluding carboxylic acids is 1. The fourth-order valence-corrected chi connectivity index (χ4v) is 4.88. The van der Waals surface area contributed by atoms with Gasteiger partial charge in [-0.3, -0.25) is 4.79 Å². The Hall–Kier alpha value is -2.55. The van der Waals surface area contributed by atoms with Crippen molar-refractivity contribution in [1.29, 1.82) is 0 Å². The number of nitrogens with one attached hydrogen (secondary N) is 1. The van der Waals surface area contributed by atoms with Crippen LogP contribution in [-0.4, -0.2) is 28.9 Å². The fourth-order valence-electron chi connectivity index (χ4n) is 4.88. The summed E-state index contributed by atoms with van der Waals surface area (Å²) in [6.45, 7) is 1.75. The molecular formula is C23H24N2O. The highest BCUT2D eigenvalue weighted by Gasteiger charge is 2.33. The Bertz CT molecular complexity index is 950. The van der Waals surface area contributed by atoms with Crippen LogP contribution in [0.25, 0.3) is 10.9 Å². The summed E-state index contributed by atoms with van der Waals surface area (Å²) in [5.41, 5.74) is 5.25. The molecule has 5 rings (SSSR count). The van der Waals surface area contributed by atoms with Crippen molar-refractivity contribution in [2.24, 2.45) is 0 Å². The second-order valence-corrected chi connectivity index (χ2v) is 7.68. The number of hydrogen-bond acceptors (Lipinski definition) is 1. The van der Waals surface area contributed by atoms with E-state index in [4.69, 9.17) is 0 Å². The third-order valence-corrected chi connectivity index (χ3v) is 6.30. The minimum Gasteiger partial charge on any atom is -0.361 e. The molecule has 1 fully saturated rings. The van der Waals surface area contributed by atoms with Gasteiger partial charge in [0.1, 0.15) is 0 Å². The van der Waals surface area contributed by atoms with Gasteiger partial charge in [0, 0.05) is 30.2 Å². The Morgan fingerprint density at radius 2 is 1.69 bits per heavy atom. The summed E-state index contributed by atoms with van der Waals surface area (Å²) in [5, 5.41) is 1.34. The standard InChI is InChI=1S/C23H24N2O/c26-23(20-10-9-16-5-1-2-6-18(16)20)25-13-11-17(12-14-25)21-15-24-22-8-4-3-7-19(21)22/h1-8,15,17,20,24H,9-14H2/t20-/m1/s1. The number of fused-ring (bicyclic) bond motifs is 2. The number of piperidine rings is 1. The zero-order valence-electron chi connectivity index (χ0n) is 14.9. The van der Waals surface area contributed by atoms with Crippen LogP contribution in [0.15, 0.2) is 54.7 Å². The molecule has 3 aromatic rings. The minimum absolute atomic E-state index is 0.0795. The zero-order chi connectivity index (χ0) is 17.5. The first-order valence-corrected chi connectivity index (χ1v) is 9.74. The number of aromatic amines is 1. The summed E-state index contributed by atoms with van der Waals surface area (Å²) in [6.07, 6.45) is 6.29. The van der Waals surface area contributed by atoms with Gasteiger partial charge in [-0.05, 0) is 54.4 Å². The number of nitrogens with zero attached hydrogens (tertiary/aromatic N) is 1. The molecule has 2 aromatic carbocycles. The van der Waals surface area contributed by atoms with Crippen LogP contribution in [0.5, 0.6) is 0 Å². The Morgan fingerprint density at radius 3 is 2.58 bits per heavy atom. The summed E-state index contributed by atoms with van der Waals surface area (Å²) in [7, 11) is 0. The highest BCUT2D eigenvalue weighted by Crippen LogP contribution is 2.37. The number of aryl methyl sites for hydroxylation is 1. The summed E-state index contributed by atoms with van der Waals surface area (Å²) in [6, 6.07) is 17.0. The molecule has 2 heterocycles. The summed E-state index contributed by atoms with van der Waals surface area (Å²) in [4.78, 5) is 18.6. The van der Waals surface area contributed by atoms with E-state index in [1.165, 1.54) is 27.6 Å². The number of carbonyl (C=O) groups is 1. The van der Waals surface area contributed by atoms with Crippen LogP contribution in [0.2, 0.25) is 0 Å². The number of H-pyrrole nitrogens is 1. The predicted molar refractivity (Wildman–Crippen MR) is 104 cm³/mol. The first kappa shape index (κ1) is 15.7. The third kappa shape index (κ3) is 2.54. The van der Waals surface area contributed by atoms with Gasteiger partial charge in [-0.15, -0.1) is 0 Å². The maximum absolute atomic E-state index is 13.1. The Kier molecular flexibility index (Phi) is 3.81. The molecule has 132 valence electrons. The maximum Gasteiger partial charge on any atom is 0.230 e. The van der Waals surface area contributed by atoms with Gasteiger partial charge in [-0.1, -0.05) is 42.5 Å². The summed E-state index contributed by atoms with van der Waals surface area (Å²) in [5.74, 6) is 0.967. The Balaban J connectivity index is 1.30.